The molecule has 0 unspecified atom stereocenters. The Morgan fingerprint density at radius 2 is 2.20 bits per heavy atom. The van der Waals surface area contributed by atoms with E-state index >= 15 is 0 Å². The molecule has 0 aromatic carbocycles. The Balaban J connectivity index is 2.98. The van der Waals surface area contributed by atoms with Crippen molar-refractivity contribution in [2.45, 2.75) is 6.18 Å². The maximum atomic E-state index is 12.0. The van der Waals surface area contributed by atoms with Crippen molar-refractivity contribution in [1.82, 2.24) is 4.98 Å². The van der Waals surface area contributed by atoms with Crippen LogP contribution in [0.25, 0.3) is 0 Å². The number of methoxy groups -OCH3 is 1. The van der Waals surface area contributed by atoms with Gasteiger partial charge in [-0.1, -0.05) is 11.6 Å². The maximum absolute atomic E-state index is 12.0. The number of rotatable bonds is 2. The molecule has 1 aromatic heterocycles. The first-order chi connectivity index (χ1) is 6.93. The summed E-state index contributed by atoms with van der Waals surface area (Å²) in [7, 11) is 1.35. The van der Waals surface area contributed by atoms with E-state index in [1.165, 1.54) is 25.4 Å². The molecule has 0 aliphatic carbocycles. The molecule has 15 heavy (non-hydrogen) atoms. The Kier molecular flexibility index (Phi) is 3.52. The van der Waals surface area contributed by atoms with E-state index in [1.807, 2.05) is 0 Å². The van der Waals surface area contributed by atoms with E-state index in [1.54, 1.807) is 0 Å². The minimum absolute atomic E-state index is 0.0316. The van der Waals surface area contributed by atoms with Crippen molar-refractivity contribution in [1.29, 1.82) is 0 Å². The highest BCUT2D eigenvalue weighted by molar-refractivity contribution is 6.67. The SMILES string of the molecule is COc1cc(N=C(Cl)C(F)(F)F)ccn1. The van der Waals surface area contributed by atoms with Crippen LogP contribution in [-0.4, -0.2) is 23.4 Å². The van der Waals surface area contributed by atoms with Gasteiger partial charge in [-0.3, -0.25) is 0 Å². The van der Waals surface area contributed by atoms with Gasteiger partial charge < -0.3 is 4.74 Å². The summed E-state index contributed by atoms with van der Waals surface area (Å²) in [6.07, 6.45) is -3.36. The minimum atomic E-state index is -4.64. The van der Waals surface area contributed by atoms with Gasteiger partial charge in [0, 0.05) is 12.3 Å². The van der Waals surface area contributed by atoms with Gasteiger partial charge in [-0.15, -0.1) is 0 Å². The molecular weight excluding hydrogens is 233 g/mol. The molecule has 0 amide bonds. The van der Waals surface area contributed by atoms with Crippen LogP contribution in [0.2, 0.25) is 0 Å². The van der Waals surface area contributed by atoms with Crippen LogP contribution in [-0.2, 0) is 0 Å². The van der Waals surface area contributed by atoms with Gasteiger partial charge in [0.25, 0.3) is 0 Å². The lowest BCUT2D eigenvalue weighted by Crippen LogP contribution is -2.16. The molecule has 0 N–H and O–H groups in total. The third-order valence-electron chi connectivity index (χ3n) is 1.39. The molecular formula is C8H6ClF3N2O. The van der Waals surface area contributed by atoms with Crippen molar-refractivity contribution in [3.8, 4) is 5.88 Å². The van der Waals surface area contributed by atoms with Crippen molar-refractivity contribution in [2.75, 3.05) is 7.11 Å². The van der Waals surface area contributed by atoms with E-state index in [2.05, 4.69) is 9.98 Å². The molecule has 0 saturated heterocycles. The molecule has 0 fully saturated rings. The highest BCUT2D eigenvalue weighted by Crippen LogP contribution is 2.24. The summed E-state index contributed by atoms with van der Waals surface area (Å²) in [6.45, 7) is 0. The molecule has 0 saturated carbocycles. The fraction of sp³-hybridized carbons (Fsp3) is 0.250. The van der Waals surface area contributed by atoms with E-state index in [-0.39, 0.29) is 11.6 Å². The Labute approximate surface area is 88.6 Å². The predicted octanol–water partition coefficient (Wildman–Crippen LogP) is 2.92. The third-order valence-corrected chi connectivity index (χ3v) is 1.69. The number of pyridine rings is 1. The van der Waals surface area contributed by atoms with Gasteiger partial charge in [-0.25, -0.2) is 9.98 Å². The summed E-state index contributed by atoms with van der Waals surface area (Å²) in [5.74, 6) is 0.169. The summed E-state index contributed by atoms with van der Waals surface area (Å²) < 4.78 is 40.7. The van der Waals surface area contributed by atoms with Crippen LogP contribution < -0.4 is 4.74 Å². The standard InChI is InChI=1S/C8H6ClF3N2O/c1-15-6-4-5(2-3-13-6)14-7(9)8(10,11)12/h2-4H,1H3. The number of hydrogen-bond acceptors (Lipinski definition) is 3. The van der Waals surface area contributed by atoms with Crippen LogP contribution in [0.3, 0.4) is 0 Å². The third kappa shape index (κ3) is 3.39. The summed E-state index contributed by atoms with van der Waals surface area (Å²) in [5.41, 5.74) is 0.0316. The Morgan fingerprint density at radius 3 is 2.73 bits per heavy atom. The Bertz CT molecular complexity index is 378. The lowest BCUT2D eigenvalue weighted by atomic mass is 10.4. The first-order valence-electron chi connectivity index (χ1n) is 3.75. The van der Waals surface area contributed by atoms with E-state index in [4.69, 9.17) is 16.3 Å². The van der Waals surface area contributed by atoms with Crippen molar-refractivity contribution >= 4 is 22.5 Å². The molecule has 0 spiro atoms. The fourth-order valence-corrected chi connectivity index (χ4v) is 0.854. The lowest BCUT2D eigenvalue weighted by molar-refractivity contribution is -0.0558. The van der Waals surface area contributed by atoms with Gasteiger partial charge in [-0.2, -0.15) is 13.2 Å². The first kappa shape index (κ1) is 11.8. The van der Waals surface area contributed by atoms with Gasteiger partial charge in [0.15, 0.2) is 0 Å². The van der Waals surface area contributed by atoms with Gasteiger partial charge in [0.2, 0.25) is 11.1 Å². The molecule has 82 valence electrons. The van der Waals surface area contributed by atoms with E-state index in [9.17, 15) is 13.2 Å². The van der Waals surface area contributed by atoms with Crippen LogP contribution in [0.5, 0.6) is 5.88 Å². The molecule has 0 bridgehead atoms. The second kappa shape index (κ2) is 4.48. The van der Waals surface area contributed by atoms with Gasteiger partial charge in [0.1, 0.15) is 0 Å². The number of halogens is 4. The summed E-state index contributed by atoms with van der Waals surface area (Å²) in [4.78, 5) is 6.89. The van der Waals surface area contributed by atoms with Gasteiger partial charge in [0.05, 0.1) is 12.8 Å². The van der Waals surface area contributed by atoms with Crippen LogP contribution in [0.15, 0.2) is 23.3 Å². The largest absolute Gasteiger partial charge is 0.481 e. The van der Waals surface area contributed by atoms with Gasteiger partial charge in [-0.05, 0) is 6.07 Å². The number of ether oxygens (including phenoxy) is 1. The second-order valence-electron chi connectivity index (χ2n) is 2.46. The predicted molar refractivity (Wildman–Crippen MR) is 49.8 cm³/mol. The molecule has 3 nitrogen and oxygen atoms in total. The summed E-state index contributed by atoms with van der Waals surface area (Å²) >= 11 is 4.95. The molecule has 0 atom stereocenters. The maximum Gasteiger partial charge on any atom is 0.444 e. The zero-order chi connectivity index (χ0) is 11.5. The van der Waals surface area contributed by atoms with Crippen molar-refractivity contribution in [3.63, 3.8) is 0 Å². The van der Waals surface area contributed by atoms with Crippen molar-refractivity contribution < 1.29 is 17.9 Å². The average molecular weight is 239 g/mol. The zero-order valence-electron chi connectivity index (χ0n) is 7.55. The van der Waals surface area contributed by atoms with Crippen LogP contribution in [0.1, 0.15) is 0 Å². The second-order valence-corrected chi connectivity index (χ2v) is 2.81. The Hall–Kier alpha value is -1.30. The smallest absolute Gasteiger partial charge is 0.444 e. The number of nitrogens with zero attached hydrogens (tertiary/aromatic N) is 2. The van der Waals surface area contributed by atoms with Gasteiger partial charge >= 0.3 is 6.18 Å². The molecule has 0 aliphatic heterocycles. The lowest BCUT2D eigenvalue weighted by Gasteiger charge is -2.03. The van der Waals surface area contributed by atoms with Crippen molar-refractivity contribution in [2.24, 2.45) is 4.99 Å². The molecule has 0 radical (unpaired) electrons. The highest BCUT2D eigenvalue weighted by Gasteiger charge is 2.34. The monoisotopic (exact) mass is 238 g/mol. The van der Waals surface area contributed by atoms with E-state index in [0.29, 0.717) is 0 Å². The van der Waals surface area contributed by atoms with Crippen molar-refractivity contribution in [3.05, 3.63) is 18.3 Å². The molecule has 1 aromatic rings. The first-order valence-corrected chi connectivity index (χ1v) is 4.12. The number of aliphatic imine (C=N–C) groups is 1. The number of alkyl halides is 3. The van der Waals surface area contributed by atoms with Crippen LogP contribution in [0.4, 0.5) is 18.9 Å². The molecule has 1 rings (SSSR count). The van der Waals surface area contributed by atoms with Crippen LogP contribution in [0, 0.1) is 0 Å². The minimum Gasteiger partial charge on any atom is -0.481 e. The molecule has 1 heterocycles. The molecule has 0 aliphatic rings. The summed E-state index contributed by atoms with van der Waals surface area (Å²) in [6, 6.07) is 2.53. The average Bonchev–Trinajstić information content (AvgIpc) is 2.16. The fourth-order valence-electron chi connectivity index (χ4n) is 0.757. The van der Waals surface area contributed by atoms with E-state index in [0.717, 1.165) is 0 Å². The Morgan fingerprint density at radius 1 is 1.53 bits per heavy atom. The highest BCUT2D eigenvalue weighted by atomic mass is 35.5. The normalized spacial score (nSPS) is 12.7. The topological polar surface area (TPSA) is 34.5 Å². The summed E-state index contributed by atoms with van der Waals surface area (Å²) in [5, 5.41) is -1.43. The quantitative estimate of drug-likeness (QED) is 0.743. The van der Waals surface area contributed by atoms with E-state index < -0.39 is 11.3 Å². The number of hydrogen-bond donors (Lipinski definition) is 0. The molecule has 7 heteroatoms. The zero-order valence-corrected chi connectivity index (χ0v) is 8.30. The number of aromatic nitrogens is 1. The van der Waals surface area contributed by atoms with Crippen LogP contribution >= 0.6 is 11.6 Å².